The van der Waals surface area contributed by atoms with Crippen molar-refractivity contribution in [3.8, 4) is 0 Å². The van der Waals surface area contributed by atoms with Crippen LogP contribution in [0.2, 0.25) is 0 Å². The molecule has 0 spiro atoms. The Morgan fingerprint density at radius 1 is 1.25 bits per heavy atom. The summed E-state index contributed by atoms with van der Waals surface area (Å²) in [5.74, 6) is 0.108. The number of urea groups is 1. The zero-order valence-corrected chi connectivity index (χ0v) is 9.97. The van der Waals surface area contributed by atoms with Gasteiger partial charge in [0, 0.05) is 6.04 Å². The lowest BCUT2D eigenvalue weighted by Crippen LogP contribution is -2.46. The van der Waals surface area contributed by atoms with Crippen LogP contribution in [0.5, 0.6) is 0 Å². The summed E-state index contributed by atoms with van der Waals surface area (Å²) in [5.41, 5.74) is 0. The molecule has 0 radical (unpaired) electrons. The lowest BCUT2D eigenvalue weighted by atomic mass is 10.2. The van der Waals surface area contributed by atoms with E-state index in [-0.39, 0.29) is 29.9 Å². The number of amides is 2. The minimum absolute atomic E-state index is 0.00312. The molecule has 2 N–H and O–H groups in total. The number of hydrogen-bond donors (Lipinski definition) is 2. The Morgan fingerprint density at radius 2 is 1.81 bits per heavy atom. The maximum absolute atomic E-state index is 11.3. The molecule has 7 heteroatoms. The minimum Gasteiger partial charge on any atom is -0.335 e. The molecule has 1 aliphatic rings. The highest BCUT2D eigenvalue weighted by Crippen LogP contribution is 2.11. The van der Waals surface area contributed by atoms with Gasteiger partial charge >= 0.3 is 6.03 Å². The first-order chi connectivity index (χ1) is 7.39. The van der Waals surface area contributed by atoms with Gasteiger partial charge in [-0.3, -0.25) is 4.79 Å². The van der Waals surface area contributed by atoms with Crippen LogP contribution in [0.4, 0.5) is 4.79 Å². The molecule has 92 valence electrons. The number of hydrogen-bond acceptors (Lipinski definition) is 4. The molecular weight excluding hydrogens is 232 g/mol. The first-order valence-corrected chi connectivity index (χ1v) is 6.95. The molecule has 1 heterocycles. The second-order valence-corrected chi connectivity index (χ2v) is 6.26. The molecule has 1 aliphatic heterocycles. The Kier molecular flexibility index (Phi) is 4.28. The Morgan fingerprint density at radius 3 is 2.31 bits per heavy atom. The number of ketones is 1. The lowest BCUT2D eigenvalue weighted by Gasteiger charge is -2.22. The molecule has 16 heavy (non-hydrogen) atoms. The average molecular weight is 248 g/mol. The summed E-state index contributed by atoms with van der Waals surface area (Å²) in [5, 5.41) is 5.05. The second kappa shape index (κ2) is 5.29. The van der Waals surface area contributed by atoms with Gasteiger partial charge in [-0.25, -0.2) is 13.2 Å². The van der Waals surface area contributed by atoms with E-state index in [0.717, 1.165) is 0 Å². The first-order valence-electron chi connectivity index (χ1n) is 5.13. The lowest BCUT2D eigenvalue weighted by molar-refractivity contribution is -0.116. The van der Waals surface area contributed by atoms with E-state index in [1.54, 1.807) is 0 Å². The molecule has 0 aromatic heterocycles. The molecule has 0 aromatic rings. The molecule has 0 unspecified atom stereocenters. The topological polar surface area (TPSA) is 92.3 Å². The average Bonchev–Trinajstić information content (AvgIpc) is 2.18. The maximum atomic E-state index is 11.3. The van der Waals surface area contributed by atoms with Crippen molar-refractivity contribution < 1.29 is 18.0 Å². The summed E-state index contributed by atoms with van der Waals surface area (Å²) in [7, 11) is -2.90. The van der Waals surface area contributed by atoms with Crippen molar-refractivity contribution in [1.82, 2.24) is 10.6 Å². The van der Waals surface area contributed by atoms with Gasteiger partial charge in [-0.2, -0.15) is 0 Å². The molecular formula is C9H16N2O4S. The van der Waals surface area contributed by atoms with Gasteiger partial charge in [-0.05, 0) is 19.8 Å². The van der Waals surface area contributed by atoms with Crippen LogP contribution < -0.4 is 10.6 Å². The van der Waals surface area contributed by atoms with Gasteiger partial charge in [0.05, 0.1) is 18.1 Å². The van der Waals surface area contributed by atoms with Crippen molar-refractivity contribution in [2.24, 2.45) is 0 Å². The molecule has 0 atom stereocenters. The van der Waals surface area contributed by atoms with Crippen molar-refractivity contribution in [2.75, 3.05) is 18.1 Å². The highest BCUT2D eigenvalue weighted by molar-refractivity contribution is 7.91. The fraction of sp³-hybridized carbons (Fsp3) is 0.778. The zero-order chi connectivity index (χ0) is 12.2. The number of Topliss-reactive ketones (excluding diaryl/α,β-unsaturated/α-hetero) is 1. The standard InChI is InChI=1S/C9H16N2O4S/c1-7(12)6-10-9(13)11-8-2-4-16(14,15)5-3-8/h8H,2-6H2,1H3,(H2,10,11,13). The maximum Gasteiger partial charge on any atom is 0.315 e. The highest BCUT2D eigenvalue weighted by Gasteiger charge is 2.24. The van der Waals surface area contributed by atoms with Gasteiger partial charge in [0.1, 0.15) is 15.6 Å². The third-order valence-corrected chi connectivity index (χ3v) is 4.10. The van der Waals surface area contributed by atoms with Crippen molar-refractivity contribution in [3.63, 3.8) is 0 Å². The number of carbonyl (C=O) groups is 2. The van der Waals surface area contributed by atoms with E-state index in [0.29, 0.717) is 12.8 Å². The monoisotopic (exact) mass is 248 g/mol. The molecule has 1 saturated heterocycles. The summed E-state index contributed by atoms with van der Waals surface area (Å²) in [6, 6.07) is -0.532. The Hall–Kier alpha value is -1.11. The largest absolute Gasteiger partial charge is 0.335 e. The molecule has 0 aromatic carbocycles. The van der Waals surface area contributed by atoms with Gasteiger partial charge in [0.25, 0.3) is 0 Å². The van der Waals surface area contributed by atoms with Crippen LogP contribution in [0.1, 0.15) is 19.8 Å². The van der Waals surface area contributed by atoms with Crippen molar-refractivity contribution in [2.45, 2.75) is 25.8 Å². The van der Waals surface area contributed by atoms with Gasteiger partial charge in [0.2, 0.25) is 0 Å². The Balaban J connectivity index is 2.28. The van der Waals surface area contributed by atoms with Crippen LogP contribution in [0.15, 0.2) is 0 Å². The van der Waals surface area contributed by atoms with Crippen LogP contribution >= 0.6 is 0 Å². The molecule has 0 bridgehead atoms. The van der Waals surface area contributed by atoms with Gasteiger partial charge in [-0.1, -0.05) is 0 Å². The predicted molar refractivity (Wildman–Crippen MR) is 58.9 cm³/mol. The number of sulfone groups is 1. The van der Waals surface area contributed by atoms with E-state index in [9.17, 15) is 18.0 Å². The molecule has 1 rings (SSSR count). The van der Waals surface area contributed by atoms with Crippen molar-refractivity contribution >= 4 is 21.7 Å². The van der Waals surface area contributed by atoms with Gasteiger partial charge in [0.15, 0.2) is 0 Å². The summed E-state index contributed by atoms with van der Waals surface area (Å²) < 4.78 is 22.2. The van der Waals surface area contributed by atoms with Gasteiger partial charge < -0.3 is 10.6 Å². The number of nitrogens with one attached hydrogen (secondary N) is 2. The number of rotatable bonds is 3. The van der Waals surface area contributed by atoms with E-state index in [1.165, 1.54) is 6.92 Å². The van der Waals surface area contributed by atoms with E-state index in [4.69, 9.17) is 0 Å². The van der Waals surface area contributed by atoms with Crippen LogP contribution in [0.25, 0.3) is 0 Å². The first kappa shape index (κ1) is 13.0. The summed E-state index contributed by atoms with van der Waals surface area (Å²) in [6.07, 6.45) is 0.881. The molecule has 1 fully saturated rings. The van der Waals surface area contributed by atoms with E-state index in [1.807, 2.05) is 0 Å². The van der Waals surface area contributed by atoms with Crippen LogP contribution in [-0.4, -0.2) is 44.3 Å². The fourth-order valence-electron chi connectivity index (χ4n) is 1.48. The Labute approximate surface area is 94.7 Å². The predicted octanol–water partition coefficient (Wildman–Crippen LogP) is -0.548. The zero-order valence-electron chi connectivity index (χ0n) is 9.15. The Bertz CT molecular complexity index is 363. The van der Waals surface area contributed by atoms with Crippen molar-refractivity contribution in [3.05, 3.63) is 0 Å². The third kappa shape index (κ3) is 4.61. The SMILES string of the molecule is CC(=O)CNC(=O)NC1CCS(=O)(=O)CC1. The second-order valence-electron chi connectivity index (χ2n) is 3.96. The summed E-state index contributed by atoms with van der Waals surface area (Å²) in [6.45, 7) is 1.38. The third-order valence-electron chi connectivity index (χ3n) is 2.39. The fourth-order valence-corrected chi connectivity index (χ4v) is 2.97. The van der Waals surface area contributed by atoms with E-state index < -0.39 is 15.9 Å². The smallest absolute Gasteiger partial charge is 0.315 e. The minimum atomic E-state index is -2.90. The molecule has 6 nitrogen and oxygen atoms in total. The quantitative estimate of drug-likeness (QED) is 0.701. The van der Waals surface area contributed by atoms with E-state index in [2.05, 4.69) is 10.6 Å². The summed E-state index contributed by atoms with van der Waals surface area (Å²) >= 11 is 0. The highest BCUT2D eigenvalue weighted by atomic mass is 32.2. The normalized spacial score (nSPS) is 20.1. The van der Waals surface area contributed by atoms with Crippen LogP contribution in [0.3, 0.4) is 0 Å². The summed E-state index contributed by atoms with van der Waals surface area (Å²) in [4.78, 5) is 21.9. The van der Waals surface area contributed by atoms with Gasteiger partial charge in [-0.15, -0.1) is 0 Å². The molecule has 2 amide bonds. The number of carbonyl (C=O) groups excluding carboxylic acids is 2. The van der Waals surface area contributed by atoms with E-state index >= 15 is 0 Å². The van der Waals surface area contributed by atoms with Crippen LogP contribution in [-0.2, 0) is 14.6 Å². The van der Waals surface area contributed by atoms with Crippen molar-refractivity contribution in [1.29, 1.82) is 0 Å². The van der Waals surface area contributed by atoms with Crippen LogP contribution in [0, 0.1) is 0 Å². The molecule has 0 aliphatic carbocycles. The molecule has 0 saturated carbocycles.